The minimum atomic E-state index is -0.736. The zero-order chi connectivity index (χ0) is 14.3. The first-order valence-electron chi connectivity index (χ1n) is 7.16. The molecule has 0 saturated carbocycles. The van der Waals surface area contributed by atoms with E-state index in [1.54, 1.807) is 0 Å². The summed E-state index contributed by atoms with van der Waals surface area (Å²) in [5.74, 6) is 1.50. The topological polar surface area (TPSA) is 29.1 Å². The molecule has 1 N–H and O–H groups in total. The van der Waals surface area contributed by atoms with Gasteiger partial charge in [0.1, 0.15) is 0 Å². The monoisotopic (exact) mass is 281 g/mol. The molecule has 0 amide bonds. The van der Waals surface area contributed by atoms with Gasteiger partial charge < -0.3 is 5.32 Å². The third-order valence-electron chi connectivity index (χ3n) is 3.17. The Hall–Kier alpha value is -0.670. The van der Waals surface area contributed by atoms with Crippen LogP contribution in [0.1, 0.15) is 43.4 Å². The molecule has 0 aliphatic heterocycles. The average molecular weight is 281 g/mol. The van der Waals surface area contributed by atoms with Crippen LogP contribution in [-0.4, -0.2) is 22.5 Å². The van der Waals surface area contributed by atoms with Crippen molar-refractivity contribution in [1.82, 2.24) is 5.32 Å². The van der Waals surface area contributed by atoms with Crippen LogP contribution in [-0.2, 0) is 16.6 Å². The summed E-state index contributed by atoms with van der Waals surface area (Å²) >= 11 is 0. The van der Waals surface area contributed by atoms with Crippen LogP contribution in [0.25, 0.3) is 0 Å². The van der Waals surface area contributed by atoms with Crippen LogP contribution >= 0.6 is 0 Å². The first kappa shape index (κ1) is 16.4. The van der Waals surface area contributed by atoms with E-state index < -0.39 is 10.8 Å². The van der Waals surface area contributed by atoms with Gasteiger partial charge in [-0.2, -0.15) is 0 Å². The van der Waals surface area contributed by atoms with Crippen LogP contribution in [0.3, 0.4) is 0 Å². The molecule has 0 aliphatic carbocycles. The SMILES string of the molecule is CCNC(C)CCCS(=O)Cc1cc(C)cc(C)c1. The predicted molar refractivity (Wildman–Crippen MR) is 85.0 cm³/mol. The molecule has 0 bridgehead atoms. The molecule has 1 rings (SSSR count). The molecule has 2 nitrogen and oxygen atoms in total. The van der Waals surface area contributed by atoms with E-state index in [4.69, 9.17) is 0 Å². The number of hydrogen-bond donors (Lipinski definition) is 1. The second-order valence-electron chi connectivity index (χ2n) is 5.39. The lowest BCUT2D eigenvalue weighted by atomic mass is 10.1. The number of hydrogen-bond acceptors (Lipinski definition) is 2. The molecule has 1 aromatic carbocycles. The van der Waals surface area contributed by atoms with Gasteiger partial charge in [0.2, 0.25) is 0 Å². The van der Waals surface area contributed by atoms with Crippen molar-refractivity contribution in [3.05, 3.63) is 34.9 Å². The fraction of sp³-hybridized carbons (Fsp3) is 0.625. The van der Waals surface area contributed by atoms with E-state index in [0.29, 0.717) is 11.8 Å². The normalized spacial score (nSPS) is 14.3. The molecule has 0 heterocycles. The first-order valence-corrected chi connectivity index (χ1v) is 8.65. The minimum absolute atomic E-state index is 0.531. The van der Waals surface area contributed by atoms with Crippen molar-refractivity contribution in [2.45, 2.75) is 52.3 Å². The molecule has 0 fully saturated rings. The van der Waals surface area contributed by atoms with E-state index in [0.717, 1.165) is 25.1 Å². The van der Waals surface area contributed by atoms with Crippen LogP contribution < -0.4 is 5.32 Å². The molecule has 2 atom stereocenters. The Balaban J connectivity index is 2.35. The Bertz CT molecular complexity index is 397. The second kappa shape index (κ2) is 8.49. The van der Waals surface area contributed by atoms with Gasteiger partial charge in [-0.05, 0) is 45.7 Å². The first-order chi connectivity index (χ1) is 9.01. The molecule has 108 valence electrons. The summed E-state index contributed by atoms with van der Waals surface area (Å²) in [6.07, 6.45) is 2.14. The Kier molecular flexibility index (Phi) is 7.32. The van der Waals surface area contributed by atoms with Gasteiger partial charge in [0.25, 0.3) is 0 Å². The van der Waals surface area contributed by atoms with Crippen LogP contribution in [0.2, 0.25) is 0 Å². The van der Waals surface area contributed by atoms with Crippen molar-refractivity contribution in [1.29, 1.82) is 0 Å². The zero-order valence-corrected chi connectivity index (χ0v) is 13.5. The summed E-state index contributed by atoms with van der Waals surface area (Å²) in [6, 6.07) is 6.98. The van der Waals surface area contributed by atoms with Crippen molar-refractivity contribution in [2.75, 3.05) is 12.3 Å². The van der Waals surface area contributed by atoms with Gasteiger partial charge in [-0.3, -0.25) is 4.21 Å². The molecule has 2 unspecified atom stereocenters. The maximum absolute atomic E-state index is 12.1. The maximum Gasteiger partial charge on any atom is 0.0485 e. The van der Waals surface area contributed by atoms with Gasteiger partial charge in [0, 0.05) is 28.3 Å². The minimum Gasteiger partial charge on any atom is -0.315 e. The molecule has 0 spiro atoms. The highest BCUT2D eigenvalue weighted by molar-refractivity contribution is 7.84. The quantitative estimate of drug-likeness (QED) is 0.792. The van der Waals surface area contributed by atoms with E-state index in [2.05, 4.69) is 51.2 Å². The smallest absolute Gasteiger partial charge is 0.0485 e. The second-order valence-corrected chi connectivity index (χ2v) is 6.96. The molecule has 1 aromatic rings. The standard InChI is InChI=1S/C16H27NOS/c1-5-17-15(4)7-6-8-19(18)12-16-10-13(2)9-14(3)11-16/h9-11,15,17H,5-8,12H2,1-4H3. The Morgan fingerprint density at radius 1 is 1.21 bits per heavy atom. The van der Waals surface area contributed by atoms with E-state index in [1.807, 2.05) is 0 Å². The summed E-state index contributed by atoms with van der Waals surface area (Å²) in [4.78, 5) is 0. The summed E-state index contributed by atoms with van der Waals surface area (Å²) in [5.41, 5.74) is 3.72. The molecule has 19 heavy (non-hydrogen) atoms. The van der Waals surface area contributed by atoms with Gasteiger partial charge in [0.15, 0.2) is 0 Å². The van der Waals surface area contributed by atoms with Crippen LogP contribution in [0.5, 0.6) is 0 Å². The number of nitrogens with one attached hydrogen (secondary N) is 1. The Morgan fingerprint density at radius 2 is 1.84 bits per heavy atom. The summed E-state index contributed by atoms with van der Waals surface area (Å²) in [6.45, 7) is 9.51. The van der Waals surface area contributed by atoms with E-state index >= 15 is 0 Å². The number of rotatable bonds is 8. The predicted octanol–water partition coefficient (Wildman–Crippen LogP) is 3.33. The number of aryl methyl sites for hydroxylation is 2. The van der Waals surface area contributed by atoms with Gasteiger partial charge in [0.05, 0.1) is 0 Å². The zero-order valence-electron chi connectivity index (χ0n) is 12.7. The van der Waals surface area contributed by atoms with Crippen LogP contribution in [0, 0.1) is 13.8 Å². The average Bonchev–Trinajstić information content (AvgIpc) is 2.27. The van der Waals surface area contributed by atoms with E-state index in [-0.39, 0.29) is 0 Å². The Morgan fingerprint density at radius 3 is 2.42 bits per heavy atom. The van der Waals surface area contributed by atoms with Crippen LogP contribution in [0.15, 0.2) is 18.2 Å². The Labute approximate surface area is 120 Å². The van der Waals surface area contributed by atoms with Crippen LogP contribution in [0.4, 0.5) is 0 Å². The highest BCUT2D eigenvalue weighted by atomic mass is 32.2. The van der Waals surface area contributed by atoms with Crippen molar-refractivity contribution < 1.29 is 4.21 Å². The van der Waals surface area contributed by atoms with Gasteiger partial charge >= 0.3 is 0 Å². The molecule has 0 radical (unpaired) electrons. The number of benzene rings is 1. The molecule has 0 aliphatic rings. The third kappa shape index (κ3) is 6.88. The van der Waals surface area contributed by atoms with Crippen molar-refractivity contribution in [2.24, 2.45) is 0 Å². The summed E-state index contributed by atoms with van der Waals surface area (Å²) in [7, 11) is -0.736. The highest BCUT2D eigenvalue weighted by Gasteiger charge is 2.05. The van der Waals surface area contributed by atoms with Gasteiger partial charge in [-0.1, -0.05) is 36.2 Å². The lowest BCUT2D eigenvalue weighted by Crippen LogP contribution is -2.25. The molecular formula is C16H27NOS. The largest absolute Gasteiger partial charge is 0.315 e. The van der Waals surface area contributed by atoms with Crippen molar-refractivity contribution in [3.63, 3.8) is 0 Å². The lowest BCUT2D eigenvalue weighted by Gasteiger charge is -2.11. The summed E-state index contributed by atoms with van der Waals surface area (Å²) in [5, 5.41) is 3.38. The summed E-state index contributed by atoms with van der Waals surface area (Å²) < 4.78 is 12.1. The fourth-order valence-corrected chi connectivity index (χ4v) is 3.58. The molecule has 3 heteroatoms. The third-order valence-corrected chi connectivity index (χ3v) is 4.57. The van der Waals surface area contributed by atoms with Gasteiger partial charge in [-0.15, -0.1) is 0 Å². The van der Waals surface area contributed by atoms with E-state index in [1.165, 1.54) is 16.7 Å². The molecular weight excluding hydrogens is 254 g/mol. The molecule has 0 aromatic heterocycles. The van der Waals surface area contributed by atoms with Gasteiger partial charge in [-0.25, -0.2) is 0 Å². The fourth-order valence-electron chi connectivity index (χ4n) is 2.41. The van der Waals surface area contributed by atoms with Crippen molar-refractivity contribution in [3.8, 4) is 0 Å². The van der Waals surface area contributed by atoms with E-state index in [9.17, 15) is 4.21 Å². The molecule has 0 saturated heterocycles. The lowest BCUT2D eigenvalue weighted by molar-refractivity contribution is 0.525. The maximum atomic E-state index is 12.1. The van der Waals surface area contributed by atoms with Crippen molar-refractivity contribution >= 4 is 10.8 Å². The highest BCUT2D eigenvalue weighted by Crippen LogP contribution is 2.11.